The lowest BCUT2D eigenvalue weighted by Gasteiger charge is -2.10. The highest BCUT2D eigenvalue weighted by atomic mass is 35.5. The molecule has 0 atom stereocenters. The molecule has 0 fully saturated rings. The van der Waals surface area contributed by atoms with Crippen LogP contribution in [0.4, 0.5) is 5.69 Å². The van der Waals surface area contributed by atoms with Gasteiger partial charge in [-0.3, -0.25) is 0 Å². The lowest BCUT2D eigenvalue weighted by atomic mass is 10.1. The number of nitrogen functional groups attached to an aromatic ring is 1. The quantitative estimate of drug-likeness (QED) is 0.817. The van der Waals surface area contributed by atoms with Gasteiger partial charge < -0.3 is 15.2 Å². The molecular weight excluding hydrogens is 226 g/mol. The van der Waals surface area contributed by atoms with E-state index < -0.39 is 0 Å². The second-order valence-electron chi connectivity index (χ2n) is 3.42. The fourth-order valence-corrected chi connectivity index (χ4v) is 1.92. The molecule has 0 radical (unpaired) electrons. The fourth-order valence-electron chi connectivity index (χ4n) is 1.68. The van der Waals surface area contributed by atoms with E-state index in [-0.39, 0.29) is 0 Å². The molecular formula is C12H12ClNO2. The third-order valence-electron chi connectivity index (χ3n) is 2.45. The molecule has 0 bridgehead atoms. The van der Waals surface area contributed by atoms with Gasteiger partial charge in [-0.2, -0.15) is 0 Å². The molecule has 0 amide bonds. The Hall–Kier alpha value is -1.61. The van der Waals surface area contributed by atoms with Crippen molar-refractivity contribution in [3.05, 3.63) is 29.3 Å². The minimum atomic E-state index is 0.609. The monoisotopic (exact) mass is 237 g/mol. The van der Waals surface area contributed by atoms with Crippen molar-refractivity contribution in [1.82, 2.24) is 0 Å². The van der Waals surface area contributed by atoms with Gasteiger partial charge in [-0.15, -0.1) is 0 Å². The van der Waals surface area contributed by atoms with Crippen LogP contribution in [0.2, 0.25) is 5.02 Å². The van der Waals surface area contributed by atoms with Crippen LogP contribution in [0.15, 0.2) is 24.3 Å². The Balaban J connectivity index is 2.78. The predicted molar refractivity (Wildman–Crippen MR) is 66.5 cm³/mol. The minimum Gasteiger partial charge on any atom is -0.493 e. The minimum absolute atomic E-state index is 0.609. The van der Waals surface area contributed by atoms with Crippen LogP contribution in [0.3, 0.4) is 0 Å². The van der Waals surface area contributed by atoms with Crippen molar-refractivity contribution in [2.75, 3.05) is 20.0 Å². The van der Waals surface area contributed by atoms with Crippen LogP contribution in [-0.4, -0.2) is 14.2 Å². The molecule has 0 aliphatic rings. The van der Waals surface area contributed by atoms with Gasteiger partial charge in [-0.05, 0) is 29.7 Å². The van der Waals surface area contributed by atoms with Crippen molar-refractivity contribution in [3.8, 4) is 11.5 Å². The van der Waals surface area contributed by atoms with E-state index in [0.717, 1.165) is 10.8 Å². The van der Waals surface area contributed by atoms with E-state index in [1.165, 1.54) is 0 Å². The van der Waals surface area contributed by atoms with Crippen molar-refractivity contribution in [2.45, 2.75) is 0 Å². The molecule has 0 unspecified atom stereocenters. The summed E-state index contributed by atoms with van der Waals surface area (Å²) in [5, 5.41) is 2.45. The summed E-state index contributed by atoms with van der Waals surface area (Å²) in [7, 11) is 3.19. The summed E-state index contributed by atoms with van der Waals surface area (Å²) in [5.74, 6) is 1.32. The Morgan fingerprint density at radius 1 is 1.00 bits per heavy atom. The molecule has 0 heterocycles. The smallest absolute Gasteiger partial charge is 0.161 e. The van der Waals surface area contributed by atoms with Crippen LogP contribution in [0.5, 0.6) is 11.5 Å². The van der Waals surface area contributed by atoms with Gasteiger partial charge in [0.2, 0.25) is 0 Å². The van der Waals surface area contributed by atoms with Crippen molar-refractivity contribution in [2.24, 2.45) is 0 Å². The van der Waals surface area contributed by atoms with Crippen LogP contribution < -0.4 is 15.2 Å². The zero-order chi connectivity index (χ0) is 11.7. The van der Waals surface area contributed by atoms with Gasteiger partial charge in [0.15, 0.2) is 11.5 Å². The third-order valence-corrected chi connectivity index (χ3v) is 2.67. The molecule has 2 N–H and O–H groups in total. The Kier molecular flexibility index (Phi) is 2.79. The Bertz CT molecular complexity index is 540. The molecule has 16 heavy (non-hydrogen) atoms. The van der Waals surface area contributed by atoms with Gasteiger partial charge in [-0.25, -0.2) is 0 Å². The van der Waals surface area contributed by atoms with Crippen LogP contribution in [0.25, 0.3) is 10.8 Å². The van der Waals surface area contributed by atoms with Gasteiger partial charge in [0, 0.05) is 16.1 Å². The van der Waals surface area contributed by atoms with E-state index >= 15 is 0 Å². The maximum Gasteiger partial charge on any atom is 0.161 e. The molecule has 4 heteroatoms. The molecule has 0 saturated carbocycles. The van der Waals surface area contributed by atoms with Gasteiger partial charge in [-0.1, -0.05) is 11.6 Å². The molecule has 2 aromatic carbocycles. The molecule has 0 spiro atoms. The number of nitrogens with two attached hydrogens (primary N) is 1. The van der Waals surface area contributed by atoms with E-state index in [1.54, 1.807) is 20.3 Å². The highest BCUT2D eigenvalue weighted by Crippen LogP contribution is 2.35. The van der Waals surface area contributed by atoms with Crippen molar-refractivity contribution in [3.63, 3.8) is 0 Å². The topological polar surface area (TPSA) is 44.5 Å². The second-order valence-corrected chi connectivity index (χ2v) is 3.86. The summed E-state index contributed by atoms with van der Waals surface area (Å²) in [5.41, 5.74) is 6.52. The molecule has 84 valence electrons. The number of halogens is 1. The molecule has 0 aliphatic heterocycles. The number of fused-ring (bicyclic) bond motifs is 1. The van der Waals surface area contributed by atoms with Crippen LogP contribution in [0.1, 0.15) is 0 Å². The van der Waals surface area contributed by atoms with Gasteiger partial charge >= 0.3 is 0 Å². The SMILES string of the molecule is COc1cc2cc(Cl)cc(N)c2cc1OC. The normalized spacial score (nSPS) is 10.4. The fraction of sp³-hybridized carbons (Fsp3) is 0.167. The van der Waals surface area contributed by atoms with Crippen molar-refractivity contribution in [1.29, 1.82) is 0 Å². The van der Waals surface area contributed by atoms with Crippen LogP contribution in [-0.2, 0) is 0 Å². The summed E-state index contributed by atoms with van der Waals surface area (Å²) < 4.78 is 10.4. The molecule has 3 nitrogen and oxygen atoms in total. The number of benzene rings is 2. The van der Waals surface area contributed by atoms with E-state index in [9.17, 15) is 0 Å². The van der Waals surface area contributed by atoms with Crippen molar-refractivity contribution < 1.29 is 9.47 Å². The number of hydrogen-bond donors (Lipinski definition) is 1. The number of hydrogen-bond acceptors (Lipinski definition) is 3. The zero-order valence-electron chi connectivity index (χ0n) is 9.08. The largest absolute Gasteiger partial charge is 0.493 e. The Morgan fingerprint density at radius 3 is 2.25 bits per heavy atom. The molecule has 0 aliphatic carbocycles. The maximum atomic E-state index is 5.94. The first-order valence-corrected chi connectivity index (χ1v) is 5.14. The van der Waals surface area contributed by atoms with Gasteiger partial charge in [0.25, 0.3) is 0 Å². The lowest BCUT2D eigenvalue weighted by molar-refractivity contribution is 0.356. The highest BCUT2D eigenvalue weighted by Gasteiger charge is 2.08. The average molecular weight is 238 g/mol. The van der Waals surface area contributed by atoms with E-state index in [4.69, 9.17) is 26.8 Å². The van der Waals surface area contributed by atoms with Crippen molar-refractivity contribution >= 4 is 28.1 Å². The van der Waals surface area contributed by atoms with E-state index in [0.29, 0.717) is 22.2 Å². The first-order valence-electron chi connectivity index (χ1n) is 4.76. The standard InChI is InChI=1S/C12H12ClNO2/c1-15-11-4-7-3-8(13)5-10(14)9(7)6-12(11)16-2/h3-6H,14H2,1-2H3. The summed E-state index contributed by atoms with van der Waals surface area (Å²) in [6.07, 6.45) is 0. The second kappa shape index (κ2) is 4.10. The number of anilines is 1. The Labute approximate surface area is 98.7 Å². The van der Waals surface area contributed by atoms with Crippen LogP contribution in [0, 0.1) is 0 Å². The molecule has 0 saturated heterocycles. The average Bonchev–Trinajstić information content (AvgIpc) is 2.27. The van der Waals surface area contributed by atoms with E-state index in [2.05, 4.69) is 0 Å². The predicted octanol–water partition coefficient (Wildman–Crippen LogP) is 3.09. The summed E-state index contributed by atoms with van der Waals surface area (Å²) in [6, 6.07) is 7.27. The maximum absolute atomic E-state index is 5.94. The van der Waals surface area contributed by atoms with Gasteiger partial charge in [0.1, 0.15) is 0 Å². The van der Waals surface area contributed by atoms with Gasteiger partial charge in [0.05, 0.1) is 14.2 Å². The number of ether oxygens (including phenoxy) is 2. The summed E-state index contributed by atoms with van der Waals surface area (Å²) in [4.78, 5) is 0. The summed E-state index contributed by atoms with van der Waals surface area (Å²) >= 11 is 5.94. The number of methoxy groups -OCH3 is 2. The lowest BCUT2D eigenvalue weighted by Crippen LogP contribution is -1.93. The third kappa shape index (κ3) is 1.74. The zero-order valence-corrected chi connectivity index (χ0v) is 9.84. The molecule has 2 rings (SSSR count). The molecule has 2 aromatic rings. The summed E-state index contributed by atoms with van der Waals surface area (Å²) in [6.45, 7) is 0. The number of rotatable bonds is 2. The highest BCUT2D eigenvalue weighted by molar-refractivity contribution is 6.32. The molecule has 0 aromatic heterocycles. The first kappa shape index (κ1) is 10.9. The van der Waals surface area contributed by atoms with Crippen LogP contribution >= 0.6 is 11.6 Å². The first-order chi connectivity index (χ1) is 7.65. The van der Waals surface area contributed by atoms with E-state index in [1.807, 2.05) is 18.2 Å². The Morgan fingerprint density at radius 2 is 1.62 bits per heavy atom.